The molecule has 0 spiro atoms. The van der Waals surface area contributed by atoms with Crippen molar-refractivity contribution in [1.29, 1.82) is 0 Å². The van der Waals surface area contributed by atoms with Crippen LogP contribution in [-0.4, -0.2) is 11.4 Å². The van der Waals surface area contributed by atoms with E-state index in [9.17, 15) is 0 Å². The molecule has 0 unspecified atom stereocenters. The van der Waals surface area contributed by atoms with Gasteiger partial charge in [-0.25, -0.2) is 0 Å². The number of hydrogen-bond acceptors (Lipinski definition) is 2. The van der Waals surface area contributed by atoms with Crippen molar-refractivity contribution in [3.8, 4) is 0 Å². The van der Waals surface area contributed by atoms with Crippen molar-refractivity contribution in [2.75, 3.05) is 0 Å². The third-order valence-corrected chi connectivity index (χ3v) is 8.67. The molecule has 0 saturated heterocycles. The van der Waals surface area contributed by atoms with Crippen molar-refractivity contribution in [3.63, 3.8) is 0 Å². The molecule has 2 aromatic carbocycles. The van der Waals surface area contributed by atoms with Gasteiger partial charge in [0.25, 0.3) is 0 Å². The van der Waals surface area contributed by atoms with Crippen molar-refractivity contribution >= 4 is 11.4 Å². The predicted molar refractivity (Wildman–Crippen MR) is 118 cm³/mol. The molecule has 0 aromatic heterocycles. The van der Waals surface area contributed by atoms with Gasteiger partial charge in [0.1, 0.15) is 0 Å². The van der Waals surface area contributed by atoms with Crippen molar-refractivity contribution < 1.29 is 0 Å². The van der Waals surface area contributed by atoms with E-state index in [4.69, 9.17) is 9.98 Å². The molecule has 0 radical (unpaired) electrons. The van der Waals surface area contributed by atoms with Gasteiger partial charge in [-0.1, -0.05) is 61.4 Å². The zero-order chi connectivity index (χ0) is 19.0. The topological polar surface area (TPSA) is 24.7 Å². The van der Waals surface area contributed by atoms with Gasteiger partial charge >= 0.3 is 0 Å². The summed E-state index contributed by atoms with van der Waals surface area (Å²) in [5.41, 5.74) is 9.31. The Balaban J connectivity index is 1.27. The third kappa shape index (κ3) is 2.23. The first-order valence-corrected chi connectivity index (χ1v) is 11.6. The number of benzene rings is 2. The smallest absolute Gasteiger partial charge is 0.0786 e. The van der Waals surface area contributed by atoms with Gasteiger partial charge in [-0.2, -0.15) is 0 Å². The molecule has 2 nitrogen and oxygen atoms in total. The number of aliphatic imine (C=N–C) groups is 2. The summed E-state index contributed by atoms with van der Waals surface area (Å²) >= 11 is 0. The van der Waals surface area contributed by atoms with Crippen molar-refractivity contribution in [2.24, 2.45) is 27.2 Å². The van der Waals surface area contributed by atoms with E-state index in [1.165, 1.54) is 85.0 Å². The molecule has 2 aliphatic heterocycles. The Kier molecular flexibility index (Phi) is 3.37. The van der Waals surface area contributed by atoms with E-state index in [1.54, 1.807) is 0 Å². The molecule has 7 rings (SSSR count). The molecule has 0 amide bonds. The lowest BCUT2D eigenvalue weighted by Crippen LogP contribution is -2.36. The van der Waals surface area contributed by atoms with Crippen LogP contribution in [0.15, 0.2) is 58.5 Å². The van der Waals surface area contributed by atoms with Gasteiger partial charge in [0.2, 0.25) is 0 Å². The Morgan fingerprint density at radius 2 is 1.10 bits per heavy atom. The van der Waals surface area contributed by atoms with Crippen LogP contribution in [0, 0.1) is 17.3 Å². The number of rotatable bonds is 2. The van der Waals surface area contributed by atoms with Crippen LogP contribution in [0.25, 0.3) is 0 Å². The van der Waals surface area contributed by atoms with E-state index < -0.39 is 0 Å². The monoisotopic (exact) mass is 380 g/mol. The van der Waals surface area contributed by atoms with Crippen LogP contribution in [0.1, 0.15) is 72.9 Å². The first kappa shape index (κ1) is 16.6. The second-order valence-corrected chi connectivity index (χ2v) is 10.1. The molecule has 0 bridgehead atoms. The molecule has 0 N–H and O–H groups in total. The first-order valence-electron chi connectivity index (χ1n) is 11.6. The summed E-state index contributed by atoms with van der Waals surface area (Å²) in [6, 6.07) is 18.9. The molecule has 2 heterocycles. The summed E-state index contributed by atoms with van der Waals surface area (Å²) in [7, 11) is 0. The largest absolute Gasteiger partial charge is 0.285 e. The second kappa shape index (κ2) is 5.90. The fraction of sp³-hybridized carbons (Fsp3) is 0.481. The number of fused-ring (bicyclic) bond motifs is 6. The predicted octanol–water partition coefficient (Wildman–Crippen LogP) is 6.06. The van der Waals surface area contributed by atoms with Crippen LogP contribution in [0.2, 0.25) is 0 Å². The second-order valence-electron chi connectivity index (χ2n) is 10.1. The summed E-state index contributed by atoms with van der Waals surface area (Å²) in [6.07, 6.45) is 10.1. The van der Waals surface area contributed by atoms with E-state index in [-0.39, 0.29) is 5.41 Å². The molecule has 5 aliphatic rings. The van der Waals surface area contributed by atoms with Gasteiger partial charge in [0.15, 0.2) is 0 Å². The Bertz CT molecular complexity index is 976. The van der Waals surface area contributed by atoms with E-state index in [1.807, 2.05) is 0 Å². The van der Waals surface area contributed by atoms with Gasteiger partial charge < -0.3 is 0 Å². The highest BCUT2D eigenvalue weighted by atomic mass is 14.9. The molecule has 146 valence electrons. The van der Waals surface area contributed by atoms with Crippen LogP contribution in [0.3, 0.4) is 0 Å². The van der Waals surface area contributed by atoms with Crippen LogP contribution in [-0.2, 0) is 12.8 Å². The fourth-order valence-electron chi connectivity index (χ4n) is 7.33. The Hall–Kier alpha value is -2.22. The SMILES string of the molecule is c1ccc2c(c1)C[C@@H]1CC(C3(C4=N[C@@H]5c6ccccc6C[C@@H]5C4)CCCC3)=N[C@H]21. The lowest BCUT2D eigenvalue weighted by atomic mass is 9.72. The Labute approximate surface area is 173 Å². The fourth-order valence-corrected chi connectivity index (χ4v) is 7.33. The summed E-state index contributed by atoms with van der Waals surface area (Å²) in [4.78, 5) is 10.9. The highest BCUT2D eigenvalue weighted by Crippen LogP contribution is 2.55. The molecule has 3 aliphatic carbocycles. The lowest BCUT2D eigenvalue weighted by Gasteiger charge is -2.31. The van der Waals surface area contributed by atoms with Crippen LogP contribution in [0.5, 0.6) is 0 Å². The maximum atomic E-state index is 5.46. The van der Waals surface area contributed by atoms with Crippen molar-refractivity contribution in [2.45, 2.75) is 63.5 Å². The Morgan fingerprint density at radius 1 is 0.621 bits per heavy atom. The molecule has 2 aromatic rings. The Morgan fingerprint density at radius 3 is 1.62 bits per heavy atom. The minimum absolute atomic E-state index is 0.193. The van der Waals surface area contributed by atoms with Crippen molar-refractivity contribution in [3.05, 3.63) is 70.8 Å². The lowest BCUT2D eigenvalue weighted by molar-refractivity contribution is 0.507. The minimum atomic E-state index is 0.193. The summed E-state index contributed by atoms with van der Waals surface area (Å²) in [5, 5.41) is 0. The highest BCUT2D eigenvalue weighted by molar-refractivity contribution is 6.13. The summed E-state index contributed by atoms with van der Waals surface area (Å²) < 4.78 is 0. The normalized spacial score (nSPS) is 33.1. The minimum Gasteiger partial charge on any atom is -0.285 e. The quantitative estimate of drug-likeness (QED) is 0.605. The highest BCUT2D eigenvalue weighted by Gasteiger charge is 2.51. The van der Waals surface area contributed by atoms with Crippen molar-refractivity contribution in [1.82, 2.24) is 0 Å². The maximum absolute atomic E-state index is 5.46. The van der Waals surface area contributed by atoms with Crippen LogP contribution >= 0.6 is 0 Å². The maximum Gasteiger partial charge on any atom is 0.0786 e. The number of nitrogens with zero attached hydrogens (tertiary/aromatic N) is 2. The van der Waals surface area contributed by atoms with Crippen LogP contribution in [0.4, 0.5) is 0 Å². The molecule has 1 fully saturated rings. The summed E-state index contributed by atoms with van der Waals surface area (Å²) in [5.74, 6) is 1.39. The zero-order valence-corrected chi connectivity index (χ0v) is 17.0. The average molecular weight is 381 g/mol. The summed E-state index contributed by atoms with van der Waals surface area (Å²) in [6.45, 7) is 0. The van der Waals surface area contributed by atoms with E-state index in [0.717, 1.165) is 0 Å². The van der Waals surface area contributed by atoms with Gasteiger partial charge in [0, 0.05) is 16.8 Å². The average Bonchev–Trinajstić information content (AvgIpc) is 3.51. The number of hydrogen-bond donors (Lipinski definition) is 0. The molecule has 2 heteroatoms. The third-order valence-electron chi connectivity index (χ3n) is 8.67. The van der Waals surface area contributed by atoms with Gasteiger partial charge in [0.05, 0.1) is 12.1 Å². The molecular weight excluding hydrogens is 352 g/mol. The molecule has 29 heavy (non-hydrogen) atoms. The van der Waals surface area contributed by atoms with Crippen LogP contribution < -0.4 is 0 Å². The molecule has 4 atom stereocenters. The van der Waals surface area contributed by atoms with E-state index in [2.05, 4.69) is 48.5 Å². The molecular formula is C27H28N2. The molecule has 1 saturated carbocycles. The van der Waals surface area contributed by atoms with E-state index >= 15 is 0 Å². The van der Waals surface area contributed by atoms with E-state index in [0.29, 0.717) is 23.9 Å². The van der Waals surface area contributed by atoms with Gasteiger partial charge in [-0.15, -0.1) is 0 Å². The zero-order valence-electron chi connectivity index (χ0n) is 17.0. The van der Waals surface area contributed by atoms with Gasteiger partial charge in [-0.05, 0) is 72.6 Å². The standard InChI is InChI=1S/C27H28N2/c1-3-9-21-17(7-1)13-19-15-23(28-25(19)21)27(11-5-6-12-27)24-16-20-14-18-8-2-4-10-22(18)26(20)29-24/h1-4,7-10,19-20,25-26H,5-6,11-16H2/t19-,20-,25+,26+/m1/s1. The first-order chi connectivity index (χ1) is 14.3. The van der Waals surface area contributed by atoms with Gasteiger partial charge in [-0.3, -0.25) is 9.98 Å².